The molecule has 0 spiro atoms. The Labute approximate surface area is 247 Å². The highest BCUT2D eigenvalue weighted by atomic mass is 32.2. The molecule has 9 nitrogen and oxygen atoms in total. The lowest BCUT2D eigenvalue weighted by molar-refractivity contribution is -0.137. The third kappa shape index (κ3) is 6.38. The van der Waals surface area contributed by atoms with Crippen LogP contribution in [0.2, 0.25) is 0 Å². The molecule has 5 rings (SSSR count). The second kappa shape index (κ2) is 11.9. The Kier molecular flexibility index (Phi) is 8.22. The van der Waals surface area contributed by atoms with E-state index in [0.29, 0.717) is 17.1 Å². The van der Waals surface area contributed by atoms with Crippen LogP contribution in [0, 0.1) is 5.82 Å². The molecule has 1 fully saturated rings. The van der Waals surface area contributed by atoms with Crippen LogP contribution in [0.15, 0.2) is 72.0 Å². The van der Waals surface area contributed by atoms with Gasteiger partial charge in [0.15, 0.2) is 11.0 Å². The van der Waals surface area contributed by atoms with Crippen LogP contribution in [0.3, 0.4) is 0 Å². The lowest BCUT2D eigenvalue weighted by Crippen LogP contribution is -2.31. The quantitative estimate of drug-likeness (QED) is 0.238. The van der Waals surface area contributed by atoms with Gasteiger partial charge >= 0.3 is 12.2 Å². The number of rotatable bonds is 6. The maximum absolute atomic E-state index is 15.0. The number of carbonyl (C=O) groups is 2. The van der Waals surface area contributed by atoms with E-state index in [1.165, 1.54) is 47.3 Å². The van der Waals surface area contributed by atoms with Crippen molar-refractivity contribution >= 4 is 40.2 Å². The van der Waals surface area contributed by atoms with Gasteiger partial charge in [0.1, 0.15) is 17.9 Å². The fourth-order valence-corrected chi connectivity index (χ4v) is 5.18. The summed E-state index contributed by atoms with van der Waals surface area (Å²) in [6.45, 7) is 3.95. The number of nitrogens with zero attached hydrogens (tertiary/aromatic N) is 5. The SMILES string of the molecule is COc1ccc(C(C)C)c(N2C(=O)CS/C2=N\C(=O)Nc2ccc(-c3ncn(-c4ccc(C(F)(F)F)cc4)n3)cc2F)c1. The van der Waals surface area contributed by atoms with Crippen molar-refractivity contribution in [3.63, 3.8) is 0 Å². The molecule has 222 valence electrons. The second-order valence-electron chi connectivity index (χ2n) is 9.67. The van der Waals surface area contributed by atoms with E-state index in [9.17, 15) is 22.8 Å². The van der Waals surface area contributed by atoms with Crippen LogP contribution < -0.4 is 15.0 Å². The van der Waals surface area contributed by atoms with Crippen LogP contribution in [-0.2, 0) is 11.0 Å². The number of thioether (sulfide) groups is 1. The standard InChI is InChI=1S/C29H24F4N6O3S/c1-16(2)21-10-9-20(42-3)13-24(21)39-25(40)14-43-28(39)36-27(41)35-23-11-4-17(12-22(23)30)26-34-15-38(37-26)19-7-5-18(6-8-19)29(31,32)33/h4-13,15-16H,14H2,1-3H3,(H,35,41)/b36-28-. The molecule has 14 heteroatoms. The lowest BCUT2D eigenvalue weighted by atomic mass is 10.00. The third-order valence-corrected chi connectivity index (χ3v) is 7.41. The van der Waals surface area contributed by atoms with E-state index in [1.807, 2.05) is 19.9 Å². The number of ether oxygens (including phenoxy) is 1. The van der Waals surface area contributed by atoms with Gasteiger partial charge in [-0.1, -0.05) is 31.7 Å². The number of benzene rings is 3. The molecule has 1 aromatic heterocycles. The van der Waals surface area contributed by atoms with E-state index in [4.69, 9.17) is 4.74 Å². The molecular weight excluding hydrogens is 588 g/mol. The minimum absolute atomic E-state index is 0.0674. The summed E-state index contributed by atoms with van der Waals surface area (Å²) in [5.74, 6) is -0.251. The van der Waals surface area contributed by atoms with Gasteiger partial charge in [-0.2, -0.15) is 18.2 Å². The maximum atomic E-state index is 15.0. The van der Waals surface area contributed by atoms with Gasteiger partial charge in [-0.25, -0.2) is 18.9 Å². The number of urea groups is 1. The van der Waals surface area contributed by atoms with Crippen molar-refractivity contribution in [3.05, 3.63) is 83.9 Å². The number of halogens is 4. The van der Waals surface area contributed by atoms with E-state index in [0.717, 1.165) is 35.5 Å². The van der Waals surface area contributed by atoms with E-state index < -0.39 is 23.6 Å². The highest BCUT2D eigenvalue weighted by Gasteiger charge is 2.33. The molecule has 0 unspecified atom stereocenters. The summed E-state index contributed by atoms with van der Waals surface area (Å²) >= 11 is 1.09. The number of aliphatic imine (C=N–C) groups is 1. The van der Waals surface area contributed by atoms with Crippen molar-refractivity contribution < 1.29 is 31.9 Å². The third-order valence-electron chi connectivity index (χ3n) is 6.48. The summed E-state index contributed by atoms with van der Waals surface area (Å²) in [6.07, 6.45) is -3.17. The summed E-state index contributed by atoms with van der Waals surface area (Å²) in [5.41, 5.74) is 1.06. The number of amidine groups is 1. The fourth-order valence-electron chi connectivity index (χ4n) is 4.32. The Hall–Kier alpha value is -4.72. The molecular formula is C29H24F4N6O3S. The number of anilines is 2. The molecule has 43 heavy (non-hydrogen) atoms. The Morgan fingerprint density at radius 3 is 2.49 bits per heavy atom. The van der Waals surface area contributed by atoms with Gasteiger partial charge in [0.25, 0.3) is 0 Å². The molecule has 0 radical (unpaired) electrons. The summed E-state index contributed by atoms with van der Waals surface area (Å²) in [4.78, 5) is 35.1. The summed E-state index contributed by atoms with van der Waals surface area (Å²) in [7, 11) is 1.51. The minimum Gasteiger partial charge on any atom is -0.497 e. The van der Waals surface area contributed by atoms with E-state index in [1.54, 1.807) is 12.1 Å². The number of amides is 3. The number of carbonyl (C=O) groups excluding carboxylic acids is 2. The Bertz CT molecular complexity index is 1720. The number of aromatic nitrogens is 3. The highest BCUT2D eigenvalue weighted by Crippen LogP contribution is 2.36. The van der Waals surface area contributed by atoms with Gasteiger partial charge in [-0.15, -0.1) is 5.10 Å². The summed E-state index contributed by atoms with van der Waals surface area (Å²) in [5, 5.41) is 6.76. The van der Waals surface area contributed by atoms with Crippen molar-refractivity contribution in [1.29, 1.82) is 0 Å². The van der Waals surface area contributed by atoms with Crippen LogP contribution in [0.1, 0.15) is 30.9 Å². The van der Waals surface area contributed by atoms with Crippen LogP contribution in [0.5, 0.6) is 5.75 Å². The topological polar surface area (TPSA) is 102 Å². The first-order chi connectivity index (χ1) is 20.4. The first kappa shape index (κ1) is 29.8. The summed E-state index contributed by atoms with van der Waals surface area (Å²) < 4.78 is 60.1. The smallest absolute Gasteiger partial charge is 0.416 e. The number of alkyl halides is 3. The largest absolute Gasteiger partial charge is 0.497 e. The number of hydrogen-bond acceptors (Lipinski definition) is 6. The van der Waals surface area contributed by atoms with Crippen LogP contribution in [0.4, 0.5) is 33.7 Å². The molecule has 1 aliphatic heterocycles. The number of hydrogen-bond donors (Lipinski definition) is 1. The lowest BCUT2D eigenvalue weighted by Gasteiger charge is -2.22. The average molecular weight is 613 g/mol. The molecule has 1 N–H and O–H groups in total. The van der Waals surface area contributed by atoms with Gasteiger partial charge < -0.3 is 10.1 Å². The van der Waals surface area contributed by atoms with Crippen LogP contribution in [0.25, 0.3) is 17.1 Å². The molecule has 0 aliphatic carbocycles. The van der Waals surface area contributed by atoms with Gasteiger partial charge in [0, 0.05) is 11.6 Å². The maximum Gasteiger partial charge on any atom is 0.416 e. The predicted molar refractivity (Wildman–Crippen MR) is 155 cm³/mol. The predicted octanol–water partition coefficient (Wildman–Crippen LogP) is 6.89. The van der Waals surface area contributed by atoms with Crippen molar-refractivity contribution in [2.24, 2.45) is 4.99 Å². The van der Waals surface area contributed by atoms with Crippen LogP contribution in [-0.4, -0.2) is 44.7 Å². The zero-order valence-corrected chi connectivity index (χ0v) is 23.8. The zero-order valence-electron chi connectivity index (χ0n) is 23.0. The molecule has 4 aromatic rings. The second-order valence-corrected chi connectivity index (χ2v) is 10.6. The fraction of sp³-hybridized carbons (Fsp3) is 0.207. The van der Waals surface area contributed by atoms with E-state index in [2.05, 4.69) is 20.4 Å². The van der Waals surface area contributed by atoms with Gasteiger partial charge in [-0.05, 0) is 60.0 Å². The first-order valence-electron chi connectivity index (χ1n) is 12.9. The minimum atomic E-state index is -4.47. The highest BCUT2D eigenvalue weighted by molar-refractivity contribution is 8.15. The molecule has 3 amide bonds. The monoisotopic (exact) mass is 612 g/mol. The van der Waals surface area contributed by atoms with Crippen molar-refractivity contribution in [1.82, 2.24) is 14.8 Å². The Balaban J connectivity index is 1.33. The molecule has 0 saturated carbocycles. The van der Waals surface area contributed by atoms with Gasteiger partial charge in [0.2, 0.25) is 5.91 Å². The van der Waals surface area contributed by atoms with Gasteiger partial charge in [0.05, 0.1) is 35.5 Å². The number of methoxy groups -OCH3 is 1. The molecule has 0 bridgehead atoms. The van der Waals surface area contributed by atoms with E-state index in [-0.39, 0.29) is 39.8 Å². The molecule has 1 saturated heterocycles. The van der Waals surface area contributed by atoms with Crippen molar-refractivity contribution in [2.45, 2.75) is 25.9 Å². The number of nitrogens with one attached hydrogen (secondary N) is 1. The van der Waals surface area contributed by atoms with E-state index >= 15 is 4.39 Å². The van der Waals surface area contributed by atoms with Crippen LogP contribution >= 0.6 is 11.8 Å². The summed E-state index contributed by atoms with van der Waals surface area (Å²) in [6, 6.07) is 12.7. The molecule has 0 atom stereocenters. The normalized spacial score (nSPS) is 14.6. The Morgan fingerprint density at radius 2 is 1.84 bits per heavy atom. The van der Waals surface area contributed by atoms with Crippen molar-refractivity contribution in [2.75, 3.05) is 23.1 Å². The molecule has 3 aromatic carbocycles. The average Bonchev–Trinajstić information content (AvgIpc) is 3.60. The molecule has 1 aliphatic rings. The van der Waals surface area contributed by atoms with Crippen molar-refractivity contribution in [3.8, 4) is 22.8 Å². The zero-order chi connectivity index (χ0) is 30.9. The Morgan fingerprint density at radius 1 is 1.09 bits per heavy atom. The molecule has 2 heterocycles. The van der Waals surface area contributed by atoms with Gasteiger partial charge in [-0.3, -0.25) is 9.69 Å². The first-order valence-corrected chi connectivity index (χ1v) is 13.9.